The topological polar surface area (TPSA) is 116 Å². The van der Waals surface area contributed by atoms with Crippen molar-refractivity contribution in [1.82, 2.24) is 0 Å². The molecular weight excluding hydrogens is 412 g/mol. The molecule has 0 aromatic heterocycles. The summed E-state index contributed by atoms with van der Waals surface area (Å²) in [5.74, 6) is -1.15. The second-order valence-corrected chi connectivity index (χ2v) is 9.28. The molecule has 7 nitrogen and oxygen atoms in total. The molecule has 0 radical (unpaired) electrons. The third kappa shape index (κ3) is 3.42. The van der Waals surface area contributed by atoms with E-state index in [-0.39, 0.29) is 41.4 Å². The Morgan fingerprint density at radius 3 is 2.59 bits per heavy atom. The van der Waals surface area contributed by atoms with E-state index in [1.807, 2.05) is 0 Å². The molecule has 2 aliphatic heterocycles. The normalized spacial score (nSPS) is 20.4. The number of phenolic OH excluding ortho intramolecular Hbond substituents is 2. The minimum Gasteiger partial charge on any atom is -0.507 e. The van der Waals surface area contributed by atoms with E-state index in [9.17, 15) is 25.2 Å². The van der Waals surface area contributed by atoms with Gasteiger partial charge in [-0.05, 0) is 51.0 Å². The molecular formula is C25H28O7. The number of aliphatic hydroxyl groups excluding tert-OH is 1. The van der Waals surface area contributed by atoms with Gasteiger partial charge in [0, 0.05) is 6.42 Å². The lowest BCUT2D eigenvalue weighted by Crippen LogP contribution is -2.44. The van der Waals surface area contributed by atoms with Gasteiger partial charge in [0.15, 0.2) is 0 Å². The van der Waals surface area contributed by atoms with Crippen LogP contribution in [0, 0.1) is 12.8 Å². The molecule has 2 heterocycles. The number of aliphatic hydroxyl groups is 2. The Bertz CT molecular complexity index is 1130. The molecule has 0 aliphatic carbocycles. The Balaban J connectivity index is 1.96. The summed E-state index contributed by atoms with van der Waals surface area (Å²) in [5, 5.41) is 42.7. The first kappa shape index (κ1) is 22.2. The zero-order valence-corrected chi connectivity index (χ0v) is 18.6. The first-order chi connectivity index (χ1) is 14.9. The molecule has 0 spiro atoms. The van der Waals surface area contributed by atoms with Crippen LogP contribution < -0.4 is 9.47 Å². The van der Waals surface area contributed by atoms with Gasteiger partial charge < -0.3 is 29.9 Å². The van der Waals surface area contributed by atoms with Gasteiger partial charge in [0.05, 0.1) is 35.4 Å². The fourth-order valence-electron chi connectivity index (χ4n) is 4.43. The van der Waals surface area contributed by atoms with E-state index in [2.05, 4.69) is 6.58 Å². The fourth-order valence-corrected chi connectivity index (χ4v) is 4.43. The van der Waals surface area contributed by atoms with E-state index in [1.165, 1.54) is 6.07 Å². The van der Waals surface area contributed by atoms with Crippen LogP contribution in [-0.2, 0) is 6.42 Å². The van der Waals surface area contributed by atoms with E-state index >= 15 is 0 Å². The molecule has 7 heteroatoms. The van der Waals surface area contributed by atoms with Gasteiger partial charge in [0.2, 0.25) is 5.78 Å². The molecule has 2 aliphatic rings. The van der Waals surface area contributed by atoms with Crippen LogP contribution in [0.5, 0.6) is 23.0 Å². The van der Waals surface area contributed by atoms with Gasteiger partial charge in [-0.25, -0.2) is 0 Å². The average Bonchev–Trinajstić information content (AvgIpc) is 2.82. The van der Waals surface area contributed by atoms with Crippen LogP contribution in [0.25, 0.3) is 0 Å². The fraction of sp³-hybridized carbons (Fsp3) is 0.400. The zero-order chi connectivity index (χ0) is 23.5. The van der Waals surface area contributed by atoms with Crippen molar-refractivity contribution in [2.75, 3.05) is 6.61 Å². The summed E-state index contributed by atoms with van der Waals surface area (Å²) in [4.78, 5) is 13.6. The average molecular weight is 440 g/mol. The molecule has 0 saturated carbocycles. The standard InChI is InChI=1S/C25H28O7/c1-11(2)15(26)9-13-6-7-17-19(21(13)28)22(29)18-16(27)8-12(3)23-20(18)24(32-17)14(10-31-23)25(4,5)30/h6-8,14-15,24,26-28,30H,1,9-10H2,2-5H3/t14-,15+,24+/m0/s1. The van der Waals surface area contributed by atoms with Gasteiger partial charge in [-0.2, -0.15) is 0 Å². The SMILES string of the molecule is C=C(C)[C@H](O)Cc1ccc2c(c1O)C(=O)c1c(O)cc(C)c3c1[C@H](O2)[C@@H](C(C)(C)O)CO3. The number of aryl methyl sites for hydroxylation is 1. The van der Waals surface area contributed by atoms with Crippen LogP contribution in [0.1, 0.15) is 59.5 Å². The number of fused-ring (bicyclic) bond motifs is 1. The molecule has 3 atom stereocenters. The van der Waals surface area contributed by atoms with Gasteiger partial charge in [-0.3, -0.25) is 4.79 Å². The van der Waals surface area contributed by atoms with E-state index in [1.54, 1.807) is 39.8 Å². The number of benzene rings is 2. The van der Waals surface area contributed by atoms with Crippen molar-refractivity contribution in [1.29, 1.82) is 0 Å². The van der Waals surface area contributed by atoms with Crippen molar-refractivity contribution in [3.05, 3.63) is 58.2 Å². The van der Waals surface area contributed by atoms with Crippen molar-refractivity contribution < 1.29 is 34.7 Å². The Morgan fingerprint density at radius 2 is 1.97 bits per heavy atom. The maximum Gasteiger partial charge on any atom is 0.204 e. The van der Waals surface area contributed by atoms with Gasteiger partial charge in [0.1, 0.15) is 34.7 Å². The van der Waals surface area contributed by atoms with E-state index in [0.717, 1.165) is 0 Å². The number of hydrogen-bond donors (Lipinski definition) is 4. The smallest absolute Gasteiger partial charge is 0.204 e. The Labute approximate surface area is 186 Å². The molecule has 2 aromatic carbocycles. The van der Waals surface area contributed by atoms with Crippen molar-refractivity contribution >= 4 is 5.78 Å². The summed E-state index contributed by atoms with van der Waals surface area (Å²) in [6.45, 7) is 10.6. The van der Waals surface area contributed by atoms with Gasteiger partial charge in [-0.1, -0.05) is 18.2 Å². The monoisotopic (exact) mass is 440 g/mol. The van der Waals surface area contributed by atoms with Gasteiger partial charge in [-0.15, -0.1) is 0 Å². The molecule has 0 unspecified atom stereocenters. The predicted molar refractivity (Wildman–Crippen MR) is 118 cm³/mol. The summed E-state index contributed by atoms with van der Waals surface area (Å²) in [7, 11) is 0. The summed E-state index contributed by atoms with van der Waals surface area (Å²) in [6, 6.07) is 4.61. The molecule has 0 amide bonds. The van der Waals surface area contributed by atoms with Crippen LogP contribution in [0.2, 0.25) is 0 Å². The second-order valence-electron chi connectivity index (χ2n) is 9.28. The Hall–Kier alpha value is -3.03. The maximum atomic E-state index is 13.6. The molecule has 0 bridgehead atoms. The second kappa shape index (κ2) is 7.53. The zero-order valence-electron chi connectivity index (χ0n) is 18.6. The molecule has 4 rings (SSSR count). The third-order valence-electron chi connectivity index (χ3n) is 6.36. The third-order valence-corrected chi connectivity index (χ3v) is 6.36. The van der Waals surface area contributed by atoms with Crippen LogP contribution in [0.4, 0.5) is 0 Å². The number of aromatic hydroxyl groups is 2. The summed E-state index contributed by atoms with van der Waals surface area (Å²) in [6.07, 6.45) is -1.60. The highest BCUT2D eigenvalue weighted by Crippen LogP contribution is 2.52. The number of ether oxygens (including phenoxy) is 2. The Kier molecular flexibility index (Phi) is 5.22. The van der Waals surface area contributed by atoms with Crippen molar-refractivity contribution in [3.63, 3.8) is 0 Å². The molecule has 32 heavy (non-hydrogen) atoms. The quantitative estimate of drug-likeness (QED) is 0.539. The lowest BCUT2D eigenvalue weighted by molar-refractivity contribution is -0.0677. The highest BCUT2D eigenvalue weighted by molar-refractivity contribution is 6.16. The largest absolute Gasteiger partial charge is 0.507 e. The number of ketones is 1. The minimum absolute atomic E-state index is 0.0174. The van der Waals surface area contributed by atoms with Gasteiger partial charge >= 0.3 is 0 Å². The number of rotatable bonds is 4. The van der Waals surface area contributed by atoms with Crippen molar-refractivity contribution in [2.24, 2.45) is 5.92 Å². The number of carbonyl (C=O) groups is 1. The highest BCUT2D eigenvalue weighted by atomic mass is 16.5. The Morgan fingerprint density at radius 1 is 1.28 bits per heavy atom. The molecule has 4 N–H and O–H groups in total. The van der Waals surface area contributed by atoms with Crippen molar-refractivity contribution in [3.8, 4) is 23.0 Å². The molecule has 170 valence electrons. The van der Waals surface area contributed by atoms with Gasteiger partial charge in [0.25, 0.3) is 0 Å². The summed E-state index contributed by atoms with van der Waals surface area (Å²) < 4.78 is 12.2. The number of phenols is 2. The summed E-state index contributed by atoms with van der Waals surface area (Å²) in [5.41, 5.74) is 0.564. The van der Waals surface area contributed by atoms with E-state index < -0.39 is 29.5 Å². The molecule has 0 fully saturated rings. The molecule has 2 aromatic rings. The van der Waals surface area contributed by atoms with Crippen LogP contribution in [-0.4, -0.2) is 44.5 Å². The lowest BCUT2D eigenvalue weighted by atomic mass is 9.79. The number of carbonyl (C=O) groups excluding carboxylic acids is 1. The van der Waals surface area contributed by atoms with Crippen molar-refractivity contribution in [2.45, 2.75) is 51.9 Å². The first-order valence-electron chi connectivity index (χ1n) is 10.5. The first-order valence-corrected chi connectivity index (χ1v) is 10.5. The lowest BCUT2D eigenvalue weighted by Gasteiger charge is -2.40. The van der Waals surface area contributed by atoms with Crippen LogP contribution in [0.3, 0.4) is 0 Å². The predicted octanol–water partition coefficient (Wildman–Crippen LogP) is 3.33. The van der Waals surface area contributed by atoms with E-state index in [0.29, 0.717) is 28.0 Å². The van der Waals surface area contributed by atoms with Crippen LogP contribution in [0.15, 0.2) is 30.4 Å². The highest BCUT2D eigenvalue weighted by Gasteiger charge is 2.47. The minimum atomic E-state index is -1.21. The maximum absolute atomic E-state index is 13.6. The number of hydrogen-bond acceptors (Lipinski definition) is 7. The van der Waals surface area contributed by atoms with Crippen LogP contribution >= 0.6 is 0 Å². The van der Waals surface area contributed by atoms with E-state index in [4.69, 9.17) is 9.47 Å². The molecule has 0 saturated heterocycles. The summed E-state index contributed by atoms with van der Waals surface area (Å²) >= 11 is 0.